The van der Waals surface area contributed by atoms with Crippen LogP contribution in [0.1, 0.15) is 58.8 Å². The number of hydrogen-bond acceptors (Lipinski definition) is 6. The van der Waals surface area contributed by atoms with Crippen LogP contribution < -0.4 is 5.32 Å². The van der Waals surface area contributed by atoms with Crippen molar-refractivity contribution in [3.63, 3.8) is 0 Å². The fraction of sp³-hybridized carbons (Fsp3) is 0.429. The third-order valence-electron chi connectivity index (χ3n) is 8.22. The van der Waals surface area contributed by atoms with Crippen LogP contribution in [0.3, 0.4) is 0 Å². The SMILES string of the molecule is O=C(N[C@H]1CCC[C@H]2CC[C@@H](C(=O)N3CC(c4cccnc4)C3)N2C1=O)c1cc2cc(CP(=O)(O)O)ccc2s1. The summed E-state index contributed by atoms with van der Waals surface area (Å²) >= 11 is 1.27. The molecule has 12 heteroatoms. The third-order valence-corrected chi connectivity index (χ3v) is 10.1. The van der Waals surface area contributed by atoms with Gasteiger partial charge in [-0.25, -0.2) is 0 Å². The molecule has 0 radical (unpaired) electrons. The lowest BCUT2D eigenvalue weighted by Crippen LogP contribution is -2.58. The van der Waals surface area contributed by atoms with Crippen LogP contribution in [0.4, 0.5) is 0 Å². The average Bonchev–Trinajstić information content (AvgIpc) is 3.47. The van der Waals surface area contributed by atoms with E-state index in [4.69, 9.17) is 0 Å². The number of pyridine rings is 1. The molecule has 210 valence electrons. The van der Waals surface area contributed by atoms with Gasteiger partial charge in [-0.3, -0.25) is 23.9 Å². The monoisotopic (exact) mass is 582 g/mol. The second kappa shape index (κ2) is 10.7. The van der Waals surface area contributed by atoms with Crippen LogP contribution in [0.2, 0.25) is 0 Å². The number of fused-ring (bicyclic) bond motifs is 2. The van der Waals surface area contributed by atoms with Crippen LogP contribution in [-0.2, 0) is 20.3 Å². The molecule has 3 aromatic rings. The third kappa shape index (κ3) is 5.43. The van der Waals surface area contributed by atoms with E-state index in [9.17, 15) is 28.7 Å². The Morgan fingerprint density at radius 1 is 1.10 bits per heavy atom. The van der Waals surface area contributed by atoms with Gasteiger partial charge in [-0.15, -0.1) is 11.3 Å². The van der Waals surface area contributed by atoms with Gasteiger partial charge in [-0.2, -0.15) is 0 Å². The van der Waals surface area contributed by atoms with Crippen molar-refractivity contribution in [3.05, 3.63) is 64.8 Å². The van der Waals surface area contributed by atoms with Crippen molar-refractivity contribution in [2.75, 3.05) is 13.1 Å². The maximum absolute atomic E-state index is 13.7. The zero-order chi connectivity index (χ0) is 28.0. The summed E-state index contributed by atoms with van der Waals surface area (Å²) in [5.41, 5.74) is 1.61. The number of aromatic nitrogens is 1. The second-order valence-electron chi connectivity index (χ2n) is 11.0. The van der Waals surface area contributed by atoms with Crippen LogP contribution in [-0.4, -0.2) is 73.5 Å². The van der Waals surface area contributed by atoms with Crippen LogP contribution >= 0.6 is 18.9 Å². The van der Waals surface area contributed by atoms with E-state index >= 15 is 0 Å². The quantitative estimate of drug-likeness (QED) is 0.379. The van der Waals surface area contributed by atoms with Crippen molar-refractivity contribution in [1.29, 1.82) is 0 Å². The molecule has 0 unspecified atom stereocenters. The fourth-order valence-corrected chi connectivity index (χ4v) is 7.82. The Hall–Kier alpha value is -3.11. The summed E-state index contributed by atoms with van der Waals surface area (Å²) in [6, 6.07) is 9.49. The Kier molecular flexibility index (Phi) is 7.25. The summed E-state index contributed by atoms with van der Waals surface area (Å²) in [6.07, 6.45) is 6.73. The fourth-order valence-electron chi connectivity index (χ4n) is 6.21. The normalized spacial score (nSPS) is 23.6. The molecular weight excluding hydrogens is 551 g/mol. The van der Waals surface area contributed by atoms with Gasteiger partial charge in [0.2, 0.25) is 11.8 Å². The first-order valence-electron chi connectivity index (χ1n) is 13.5. The van der Waals surface area contributed by atoms with Crippen LogP contribution in [0, 0.1) is 0 Å². The Bertz CT molecular complexity index is 1500. The molecule has 0 saturated carbocycles. The van der Waals surface area contributed by atoms with E-state index in [-0.39, 0.29) is 35.8 Å². The number of amides is 3. The van der Waals surface area contributed by atoms with Crippen molar-refractivity contribution in [2.24, 2.45) is 0 Å². The molecule has 1 aromatic carbocycles. The second-order valence-corrected chi connectivity index (χ2v) is 13.7. The van der Waals surface area contributed by atoms with Crippen molar-refractivity contribution in [1.82, 2.24) is 20.1 Å². The highest BCUT2D eigenvalue weighted by Crippen LogP contribution is 2.40. The van der Waals surface area contributed by atoms with Gasteiger partial charge in [0.25, 0.3) is 5.91 Å². The number of likely N-dealkylation sites (tertiary alicyclic amines) is 1. The van der Waals surface area contributed by atoms with E-state index in [1.165, 1.54) is 11.3 Å². The van der Waals surface area contributed by atoms with Gasteiger partial charge < -0.3 is 24.9 Å². The molecular formula is C28H31N4O6PS. The minimum Gasteiger partial charge on any atom is -0.340 e. The lowest BCUT2D eigenvalue weighted by atomic mass is 9.92. The predicted molar refractivity (Wildman–Crippen MR) is 150 cm³/mol. The standard InChI is InChI=1S/C28H31N4O6PS/c33-26(25-12-19-11-17(16-39(36,37)38)6-9-24(19)40-25)30-22-5-1-4-21-7-8-23(32(21)27(22)34)28(35)31-14-20(15-31)18-3-2-10-29-13-18/h2-3,6,9-13,20-23H,1,4-5,7-8,14-16H2,(H,30,33)(H2,36,37,38)/t21-,22-,23-/m0/s1. The van der Waals surface area contributed by atoms with Gasteiger partial charge >= 0.3 is 7.60 Å². The summed E-state index contributed by atoms with van der Waals surface area (Å²) in [6.45, 7) is 1.24. The van der Waals surface area contributed by atoms with E-state index in [2.05, 4.69) is 10.3 Å². The Morgan fingerprint density at radius 3 is 2.67 bits per heavy atom. The first-order valence-corrected chi connectivity index (χ1v) is 16.2. The van der Waals surface area contributed by atoms with Gasteiger partial charge in [0, 0.05) is 42.1 Å². The highest BCUT2D eigenvalue weighted by atomic mass is 32.1. The van der Waals surface area contributed by atoms with E-state index in [1.54, 1.807) is 35.4 Å². The van der Waals surface area contributed by atoms with Crippen LogP contribution in [0.5, 0.6) is 0 Å². The number of thiophene rings is 1. The summed E-state index contributed by atoms with van der Waals surface area (Å²) in [7, 11) is -4.20. The van der Waals surface area contributed by atoms with Gasteiger partial charge in [-0.05, 0) is 72.9 Å². The smallest absolute Gasteiger partial charge is 0.329 e. The first kappa shape index (κ1) is 27.1. The molecule has 0 aliphatic carbocycles. The Morgan fingerprint density at radius 2 is 1.93 bits per heavy atom. The lowest BCUT2D eigenvalue weighted by molar-refractivity contribution is -0.148. The van der Waals surface area contributed by atoms with Gasteiger partial charge in [-0.1, -0.05) is 12.1 Å². The number of nitrogens with zero attached hydrogens (tertiary/aromatic N) is 3. The summed E-state index contributed by atoms with van der Waals surface area (Å²) in [4.78, 5) is 67.1. The first-order chi connectivity index (χ1) is 19.2. The molecule has 40 heavy (non-hydrogen) atoms. The minimum atomic E-state index is -4.20. The predicted octanol–water partition coefficient (Wildman–Crippen LogP) is 3.24. The van der Waals surface area contributed by atoms with E-state index < -0.39 is 19.7 Å². The summed E-state index contributed by atoms with van der Waals surface area (Å²) in [5.74, 6) is -0.311. The number of hydrogen-bond donors (Lipinski definition) is 3. The molecule has 0 spiro atoms. The van der Waals surface area contributed by atoms with Crippen molar-refractivity contribution in [2.45, 2.75) is 62.3 Å². The zero-order valence-corrected chi connectivity index (χ0v) is 23.5. The molecule has 6 rings (SSSR count). The molecule has 3 aliphatic rings. The summed E-state index contributed by atoms with van der Waals surface area (Å²) in [5, 5.41) is 3.64. The number of carbonyl (C=O) groups is 3. The largest absolute Gasteiger partial charge is 0.340 e. The molecule has 3 saturated heterocycles. The number of benzene rings is 1. The number of carbonyl (C=O) groups excluding carboxylic acids is 3. The molecule has 3 N–H and O–H groups in total. The summed E-state index contributed by atoms with van der Waals surface area (Å²) < 4.78 is 12.2. The van der Waals surface area contributed by atoms with Gasteiger partial charge in [0.05, 0.1) is 11.0 Å². The highest BCUT2D eigenvalue weighted by molar-refractivity contribution is 7.50. The molecule has 3 aliphatic heterocycles. The maximum atomic E-state index is 13.7. The number of rotatable bonds is 6. The molecule has 3 amide bonds. The minimum absolute atomic E-state index is 0.00974. The van der Waals surface area contributed by atoms with Crippen LogP contribution in [0.25, 0.3) is 10.1 Å². The Balaban J connectivity index is 1.13. The zero-order valence-electron chi connectivity index (χ0n) is 21.8. The van der Waals surface area contributed by atoms with Crippen molar-refractivity contribution in [3.8, 4) is 0 Å². The molecule has 0 bridgehead atoms. The van der Waals surface area contributed by atoms with Crippen molar-refractivity contribution >= 4 is 46.7 Å². The lowest BCUT2D eigenvalue weighted by Gasteiger charge is -2.42. The maximum Gasteiger partial charge on any atom is 0.329 e. The molecule has 5 heterocycles. The molecule has 3 fully saturated rings. The van der Waals surface area contributed by atoms with Crippen molar-refractivity contribution < 1.29 is 28.7 Å². The average molecular weight is 583 g/mol. The van der Waals surface area contributed by atoms with Gasteiger partial charge in [0.15, 0.2) is 0 Å². The highest BCUT2D eigenvalue weighted by Gasteiger charge is 2.47. The topological polar surface area (TPSA) is 140 Å². The molecule has 10 nitrogen and oxygen atoms in total. The van der Waals surface area contributed by atoms with Crippen LogP contribution in [0.15, 0.2) is 48.8 Å². The van der Waals surface area contributed by atoms with E-state index in [0.717, 1.165) is 34.9 Å². The number of nitrogens with one attached hydrogen (secondary N) is 1. The van der Waals surface area contributed by atoms with E-state index in [0.29, 0.717) is 36.4 Å². The molecule has 2 aromatic heterocycles. The van der Waals surface area contributed by atoms with E-state index in [1.807, 2.05) is 23.2 Å². The van der Waals surface area contributed by atoms with Gasteiger partial charge in [0.1, 0.15) is 12.1 Å². The molecule has 3 atom stereocenters. The Labute approximate surface area is 235 Å².